The van der Waals surface area contributed by atoms with Crippen molar-refractivity contribution in [3.8, 4) is 0 Å². The molecule has 0 heterocycles. The number of hydrogen-bond donors (Lipinski definition) is 0. The number of carbonyl (C=O) groups is 2. The van der Waals surface area contributed by atoms with Crippen LogP contribution in [0.15, 0.2) is 0 Å². The molecule has 6 rings (SSSR count). The summed E-state index contributed by atoms with van der Waals surface area (Å²) in [7, 11) is 0. The maximum absolute atomic E-state index is 11.1. The Hall–Kier alpha value is -1.06. The third kappa shape index (κ3) is 1.02. The Labute approximate surface area is 118 Å². The van der Waals surface area contributed by atoms with E-state index >= 15 is 0 Å². The first-order chi connectivity index (χ1) is 9.61. The minimum Gasteiger partial charge on any atom is -0.466 e. The fourth-order valence-electron chi connectivity index (χ4n) is 7.16. The van der Waals surface area contributed by atoms with Crippen LogP contribution in [-0.4, -0.2) is 25.2 Å². The van der Waals surface area contributed by atoms with Gasteiger partial charge in [0, 0.05) is 25.7 Å². The van der Waals surface area contributed by atoms with Crippen LogP contribution in [0.25, 0.3) is 0 Å². The molecule has 0 aromatic carbocycles. The van der Waals surface area contributed by atoms with Crippen LogP contribution in [-0.2, 0) is 19.1 Å². The highest BCUT2D eigenvalue weighted by molar-refractivity contribution is 5.66. The van der Waals surface area contributed by atoms with Gasteiger partial charge in [0.25, 0.3) is 0 Å². The van der Waals surface area contributed by atoms with Gasteiger partial charge in [-0.3, -0.25) is 9.59 Å². The molecule has 6 aliphatic carbocycles. The SMILES string of the molecule is CC(=O)OC[C@@H]1C2[C@H]3C4C5[C@H]3C([C@H]5[C@@H]42)[C@@H]1COC(C)=O. The van der Waals surface area contributed by atoms with Gasteiger partial charge in [-0.15, -0.1) is 0 Å². The van der Waals surface area contributed by atoms with Crippen molar-refractivity contribution in [2.45, 2.75) is 13.8 Å². The first kappa shape index (κ1) is 11.6. The molecule has 0 spiro atoms. The smallest absolute Gasteiger partial charge is 0.302 e. The summed E-state index contributed by atoms with van der Waals surface area (Å²) in [5.41, 5.74) is 0. The molecule has 6 aliphatic rings. The van der Waals surface area contributed by atoms with Crippen molar-refractivity contribution < 1.29 is 19.1 Å². The van der Waals surface area contributed by atoms with Gasteiger partial charge in [-0.1, -0.05) is 0 Å². The standard InChI is InChI=1S/C16H20O4/c1-5(17)19-3-7-8(4-20-6(2)18)10-13-11-9(7)12-14(10)16(13)15(11)12/h7-16H,3-4H2,1-2H3/t7-,8+,9?,10?,11-,12+,13-,14-,15?,16?/m0/s1. The summed E-state index contributed by atoms with van der Waals surface area (Å²) in [6.45, 7) is 4.02. The second kappa shape index (κ2) is 3.40. The van der Waals surface area contributed by atoms with Crippen molar-refractivity contribution in [1.82, 2.24) is 0 Å². The zero-order chi connectivity index (χ0) is 13.8. The van der Waals surface area contributed by atoms with Gasteiger partial charge < -0.3 is 9.47 Å². The van der Waals surface area contributed by atoms with Crippen LogP contribution in [0.4, 0.5) is 0 Å². The Kier molecular flexibility index (Phi) is 1.97. The quantitative estimate of drug-likeness (QED) is 0.727. The lowest BCUT2D eigenvalue weighted by Crippen LogP contribution is -2.92. The highest BCUT2D eigenvalue weighted by Gasteiger charge is 2.90. The lowest BCUT2D eigenvalue weighted by atomic mass is 9.09. The Morgan fingerprint density at radius 1 is 0.650 bits per heavy atom. The number of fused-ring (bicyclic) bond motifs is 1. The number of hydrogen-bond acceptors (Lipinski definition) is 4. The first-order valence-electron chi connectivity index (χ1n) is 7.88. The number of ether oxygens (including phenoxy) is 2. The molecule has 0 saturated heterocycles. The normalized spacial score (nSPS) is 58.3. The van der Waals surface area contributed by atoms with E-state index in [0.29, 0.717) is 25.0 Å². The van der Waals surface area contributed by atoms with Crippen molar-refractivity contribution in [2.75, 3.05) is 13.2 Å². The monoisotopic (exact) mass is 276 g/mol. The molecule has 0 aromatic rings. The average molecular weight is 276 g/mol. The van der Waals surface area contributed by atoms with Crippen molar-refractivity contribution >= 4 is 11.9 Å². The predicted molar refractivity (Wildman–Crippen MR) is 68.2 cm³/mol. The van der Waals surface area contributed by atoms with E-state index in [1.165, 1.54) is 13.8 Å². The van der Waals surface area contributed by atoms with E-state index in [4.69, 9.17) is 9.47 Å². The summed E-state index contributed by atoms with van der Waals surface area (Å²) < 4.78 is 10.6. The molecule has 4 unspecified atom stereocenters. The van der Waals surface area contributed by atoms with Crippen molar-refractivity contribution in [3.63, 3.8) is 0 Å². The highest BCUT2D eigenvalue weighted by Crippen LogP contribution is 2.93. The van der Waals surface area contributed by atoms with E-state index in [-0.39, 0.29) is 11.9 Å². The van der Waals surface area contributed by atoms with Crippen LogP contribution in [0.5, 0.6) is 0 Å². The van der Waals surface area contributed by atoms with E-state index in [1.54, 1.807) is 0 Å². The van der Waals surface area contributed by atoms with E-state index in [2.05, 4.69) is 0 Å². The molecule has 20 heavy (non-hydrogen) atoms. The Balaban J connectivity index is 1.37. The second-order valence-corrected chi connectivity index (χ2v) is 7.55. The summed E-state index contributed by atoms with van der Waals surface area (Å²) in [4.78, 5) is 22.3. The number of carbonyl (C=O) groups excluding carboxylic acids is 2. The fraction of sp³-hybridized carbons (Fsp3) is 0.875. The molecule has 0 radical (unpaired) electrons. The summed E-state index contributed by atoms with van der Waals surface area (Å²) in [5.74, 6) is 7.75. The maximum atomic E-state index is 11.1. The lowest BCUT2D eigenvalue weighted by molar-refractivity contribution is -0.488. The molecular weight excluding hydrogens is 256 g/mol. The van der Waals surface area contributed by atoms with Gasteiger partial charge in [0.05, 0.1) is 13.2 Å². The Bertz CT molecular complexity index is 449. The van der Waals surface area contributed by atoms with E-state index in [9.17, 15) is 9.59 Å². The van der Waals surface area contributed by atoms with Crippen molar-refractivity contribution in [1.29, 1.82) is 0 Å². The summed E-state index contributed by atoms with van der Waals surface area (Å²) >= 11 is 0. The van der Waals surface area contributed by atoms with Gasteiger partial charge >= 0.3 is 11.9 Å². The molecule has 4 nitrogen and oxygen atoms in total. The van der Waals surface area contributed by atoms with Crippen LogP contribution >= 0.6 is 0 Å². The largest absolute Gasteiger partial charge is 0.466 e. The van der Waals surface area contributed by atoms with Crippen molar-refractivity contribution in [3.05, 3.63) is 0 Å². The van der Waals surface area contributed by atoms with Gasteiger partial charge in [0.15, 0.2) is 0 Å². The third-order valence-corrected chi connectivity index (χ3v) is 7.39. The molecule has 10 atom stereocenters. The van der Waals surface area contributed by atoms with E-state index in [0.717, 1.165) is 47.3 Å². The van der Waals surface area contributed by atoms with Crippen LogP contribution in [0.2, 0.25) is 0 Å². The van der Waals surface area contributed by atoms with Gasteiger partial charge in [-0.05, 0) is 47.3 Å². The van der Waals surface area contributed by atoms with Gasteiger partial charge in [0.2, 0.25) is 0 Å². The average Bonchev–Trinajstić information content (AvgIpc) is 2.35. The van der Waals surface area contributed by atoms with Crippen LogP contribution < -0.4 is 0 Å². The second-order valence-electron chi connectivity index (χ2n) is 7.55. The molecule has 108 valence electrons. The highest BCUT2D eigenvalue weighted by atomic mass is 16.5. The Morgan fingerprint density at radius 2 is 0.950 bits per heavy atom. The maximum Gasteiger partial charge on any atom is 0.302 e. The minimum atomic E-state index is -0.192. The molecule has 2 bridgehead atoms. The first-order valence-corrected chi connectivity index (χ1v) is 7.88. The zero-order valence-electron chi connectivity index (χ0n) is 11.8. The van der Waals surface area contributed by atoms with Gasteiger partial charge in [-0.2, -0.15) is 0 Å². The van der Waals surface area contributed by atoms with Gasteiger partial charge in [0.1, 0.15) is 0 Å². The molecule has 0 aromatic heterocycles. The molecule has 0 N–H and O–H groups in total. The topological polar surface area (TPSA) is 52.6 Å². The summed E-state index contributed by atoms with van der Waals surface area (Å²) in [5, 5.41) is 0. The number of esters is 2. The zero-order valence-corrected chi connectivity index (χ0v) is 11.8. The van der Waals surface area contributed by atoms with Gasteiger partial charge in [-0.25, -0.2) is 0 Å². The molecule has 4 heteroatoms. The summed E-state index contributed by atoms with van der Waals surface area (Å²) in [6.07, 6.45) is 0. The molecule has 0 amide bonds. The number of rotatable bonds is 4. The van der Waals surface area contributed by atoms with E-state index in [1.807, 2.05) is 0 Å². The lowest BCUT2D eigenvalue weighted by Gasteiger charge is -2.95. The molecule has 6 fully saturated rings. The minimum absolute atomic E-state index is 0.192. The fourth-order valence-corrected chi connectivity index (χ4v) is 7.16. The predicted octanol–water partition coefficient (Wildman–Crippen LogP) is 1.34. The summed E-state index contributed by atoms with van der Waals surface area (Å²) in [6, 6.07) is 0. The van der Waals surface area contributed by atoms with Crippen molar-refractivity contribution in [2.24, 2.45) is 59.2 Å². The van der Waals surface area contributed by atoms with E-state index < -0.39 is 0 Å². The molecule has 0 aliphatic heterocycles. The molecular formula is C16H20O4. The third-order valence-electron chi connectivity index (χ3n) is 7.39. The van der Waals surface area contributed by atoms with Crippen LogP contribution in [0, 0.1) is 59.2 Å². The Morgan fingerprint density at radius 3 is 1.25 bits per heavy atom. The van der Waals surface area contributed by atoms with Crippen LogP contribution in [0.1, 0.15) is 13.8 Å². The van der Waals surface area contributed by atoms with Crippen LogP contribution in [0.3, 0.4) is 0 Å². The molecule has 6 saturated carbocycles.